The molecule has 1 amide bonds. The summed E-state index contributed by atoms with van der Waals surface area (Å²) in [5, 5.41) is 11.4. The number of ether oxygens (including phenoxy) is 1. The summed E-state index contributed by atoms with van der Waals surface area (Å²) in [6.07, 6.45) is 1.63. The summed E-state index contributed by atoms with van der Waals surface area (Å²) in [5.41, 5.74) is 0.247. The van der Waals surface area contributed by atoms with Crippen molar-refractivity contribution in [1.29, 1.82) is 0 Å². The summed E-state index contributed by atoms with van der Waals surface area (Å²) in [6, 6.07) is 16.8. The second-order valence-corrected chi connectivity index (χ2v) is 10.0. The molecule has 3 aliphatic rings. The minimum Gasteiger partial charge on any atom is -0.387 e. The van der Waals surface area contributed by atoms with Gasteiger partial charge in [-0.3, -0.25) is 9.69 Å². The van der Waals surface area contributed by atoms with Crippen LogP contribution < -0.4 is 4.90 Å². The van der Waals surface area contributed by atoms with Crippen LogP contribution in [0, 0.1) is 5.82 Å². The molecule has 0 spiro atoms. The highest BCUT2D eigenvalue weighted by Crippen LogP contribution is 2.39. The van der Waals surface area contributed by atoms with Crippen molar-refractivity contribution in [3.05, 3.63) is 66.0 Å². The number of carbonyl (C=O) groups excluding carboxylic acids is 1. The van der Waals surface area contributed by atoms with Gasteiger partial charge in [0.15, 0.2) is 0 Å². The van der Waals surface area contributed by atoms with E-state index < -0.39 is 11.0 Å². The number of rotatable bonds is 5. The lowest BCUT2D eigenvalue weighted by Crippen LogP contribution is -2.54. The molecule has 34 heavy (non-hydrogen) atoms. The van der Waals surface area contributed by atoms with E-state index in [9.17, 15) is 14.3 Å². The van der Waals surface area contributed by atoms with Gasteiger partial charge in [0.05, 0.1) is 17.6 Å². The van der Waals surface area contributed by atoms with E-state index in [-0.39, 0.29) is 11.7 Å². The second-order valence-electron chi connectivity index (χ2n) is 10.0. The number of nitrogens with zero attached hydrogens (tertiary/aromatic N) is 3. The molecule has 0 saturated carbocycles. The van der Waals surface area contributed by atoms with Crippen molar-refractivity contribution in [2.75, 3.05) is 63.9 Å². The monoisotopic (exact) mass is 467 g/mol. The number of piperazine rings is 1. The number of likely N-dealkylation sites (tertiary alicyclic amines) is 1. The van der Waals surface area contributed by atoms with Gasteiger partial charge in [-0.2, -0.15) is 0 Å². The Morgan fingerprint density at radius 1 is 0.941 bits per heavy atom. The number of amides is 1. The maximum atomic E-state index is 14.0. The third kappa shape index (κ3) is 4.69. The SMILES string of the molecule is O=C(N1CC[C@@](O)(CN2CCN(c3ccccc3)CC2)C1)C1(c2cccc(F)c2)CCOCC1. The number of β-amino-alcohol motifs (C(OH)–C–C–N with tert-alkyl or cyclic N) is 1. The standard InChI is InChI=1S/C27H34FN3O3/c28-23-6-4-5-22(19-23)27(10-17-34-18-11-27)25(32)31-12-9-26(33,21-31)20-29-13-15-30(16-14-29)24-7-2-1-3-8-24/h1-8,19,33H,9-18,20-21H2/t26-/m1/s1. The molecule has 1 N–H and O–H groups in total. The van der Waals surface area contributed by atoms with Crippen molar-refractivity contribution in [3.63, 3.8) is 0 Å². The predicted octanol–water partition coefficient (Wildman–Crippen LogP) is 2.66. The normalized spacial score (nSPS) is 25.5. The summed E-state index contributed by atoms with van der Waals surface area (Å²) in [7, 11) is 0. The average Bonchev–Trinajstić information content (AvgIpc) is 3.26. The van der Waals surface area contributed by atoms with Crippen LogP contribution in [0.15, 0.2) is 54.6 Å². The third-order valence-corrected chi connectivity index (χ3v) is 7.76. The van der Waals surface area contributed by atoms with Crippen LogP contribution in [0.2, 0.25) is 0 Å². The largest absolute Gasteiger partial charge is 0.387 e. The smallest absolute Gasteiger partial charge is 0.233 e. The van der Waals surface area contributed by atoms with Gasteiger partial charge in [0.2, 0.25) is 5.91 Å². The van der Waals surface area contributed by atoms with Crippen molar-refractivity contribution < 1.29 is 19.0 Å². The first kappa shape index (κ1) is 23.3. The van der Waals surface area contributed by atoms with Crippen LogP contribution in [-0.2, 0) is 14.9 Å². The Bertz CT molecular complexity index is 990. The molecule has 3 aliphatic heterocycles. The van der Waals surface area contributed by atoms with E-state index in [4.69, 9.17) is 4.74 Å². The molecule has 3 heterocycles. The fraction of sp³-hybridized carbons (Fsp3) is 0.519. The Kier molecular flexibility index (Phi) is 6.60. The first-order chi connectivity index (χ1) is 16.5. The fourth-order valence-electron chi connectivity index (χ4n) is 5.81. The minimum atomic E-state index is -0.918. The van der Waals surface area contributed by atoms with Crippen molar-refractivity contribution in [3.8, 4) is 0 Å². The predicted molar refractivity (Wildman–Crippen MR) is 129 cm³/mol. The van der Waals surface area contributed by atoms with Gasteiger partial charge in [-0.15, -0.1) is 0 Å². The lowest BCUT2D eigenvalue weighted by Gasteiger charge is -2.40. The Labute approximate surface area is 200 Å². The zero-order valence-corrected chi connectivity index (χ0v) is 19.7. The van der Waals surface area contributed by atoms with Crippen LogP contribution in [-0.4, -0.2) is 85.4 Å². The molecule has 1 atom stereocenters. The van der Waals surface area contributed by atoms with Crippen LogP contribution in [0.25, 0.3) is 0 Å². The minimum absolute atomic E-state index is 0.00813. The summed E-state index contributed by atoms with van der Waals surface area (Å²) in [4.78, 5) is 20.3. The van der Waals surface area contributed by atoms with Crippen molar-refractivity contribution in [2.24, 2.45) is 0 Å². The van der Waals surface area contributed by atoms with E-state index in [1.165, 1.54) is 17.8 Å². The molecule has 0 radical (unpaired) electrons. The zero-order valence-electron chi connectivity index (χ0n) is 19.7. The van der Waals surface area contributed by atoms with Crippen LogP contribution in [0.5, 0.6) is 0 Å². The molecular formula is C27H34FN3O3. The van der Waals surface area contributed by atoms with Crippen LogP contribution >= 0.6 is 0 Å². The van der Waals surface area contributed by atoms with Crippen molar-refractivity contribution in [1.82, 2.24) is 9.80 Å². The number of benzene rings is 2. The quantitative estimate of drug-likeness (QED) is 0.733. The van der Waals surface area contributed by atoms with Gasteiger partial charge in [0.1, 0.15) is 5.82 Å². The van der Waals surface area contributed by atoms with Gasteiger partial charge < -0.3 is 19.6 Å². The summed E-state index contributed by atoms with van der Waals surface area (Å²) < 4.78 is 19.6. The van der Waals surface area contributed by atoms with Crippen molar-refractivity contribution in [2.45, 2.75) is 30.3 Å². The summed E-state index contributed by atoms with van der Waals surface area (Å²) in [5.74, 6) is -0.338. The molecule has 3 fully saturated rings. The Balaban J connectivity index is 1.23. The van der Waals surface area contributed by atoms with E-state index in [2.05, 4.69) is 34.1 Å². The highest BCUT2D eigenvalue weighted by molar-refractivity contribution is 5.88. The highest BCUT2D eigenvalue weighted by atomic mass is 19.1. The molecule has 3 saturated heterocycles. The molecule has 0 aliphatic carbocycles. The first-order valence-corrected chi connectivity index (χ1v) is 12.4. The molecule has 6 nitrogen and oxygen atoms in total. The van der Waals surface area contributed by atoms with Crippen LogP contribution in [0.4, 0.5) is 10.1 Å². The topological polar surface area (TPSA) is 56.3 Å². The zero-order chi connectivity index (χ0) is 23.6. The second kappa shape index (κ2) is 9.64. The number of halogens is 1. The lowest BCUT2D eigenvalue weighted by molar-refractivity contribution is -0.141. The molecule has 2 aromatic carbocycles. The number of hydrogen-bond acceptors (Lipinski definition) is 5. The number of hydrogen-bond donors (Lipinski definition) is 1. The molecular weight excluding hydrogens is 433 g/mol. The van der Waals surface area contributed by atoms with Gasteiger partial charge >= 0.3 is 0 Å². The average molecular weight is 468 g/mol. The number of para-hydroxylation sites is 1. The summed E-state index contributed by atoms with van der Waals surface area (Å²) in [6.45, 7) is 5.98. The molecule has 2 aromatic rings. The van der Waals surface area contributed by atoms with Crippen LogP contribution in [0.3, 0.4) is 0 Å². The lowest BCUT2D eigenvalue weighted by atomic mass is 9.73. The van der Waals surface area contributed by atoms with E-state index in [0.29, 0.717) is 57.7 Å². The Hall–Kier alpha value is -2.48. The van der Waals surface area contributed by atoms with E-state index in [1.807, 2.05) is 12.1 Å². The molecule has 0 aromatic heterocycles. The van der Waals surface area contributed by atoms with E-state index in [0.717, 1.165) is 26.2 Å². The van der Waals surface area contributed by atoms with Gasteiger partial charge in [0.25, 0.3) is 0 Å². The molecule has 7 heteroatoms. The maximum Gasteiger partial charge on any atom is 0.233 e. The molecule has 0 unspecified atom stereocenters. The Morgan fingerprint density at radius 2 is 1.68 bits per heavy atom. The maximum absolute atomic E-state index is 14.0. The highest BCUT2D eigenvalue weighted by Gasteiger charge is 2.48. The van der Waals surface area contributed by atoms with E-state index >= 15 is 0 Å². The number of carbonyl (C=O) groups is 1. The van der Waals surface area contributed by atoms with Crippen LogP contribution in [0.1, 0.15) is 24.8 Å². The number of anilines is 1. The van der Waals surface area contributed by atoms with Gasteiger partial charge in [0, 0.05) is 58.2 Å². The molecule has 182 valence electrons. The Morgan fingerprint density at radius 3 is 2.38 bits per heavy atom. The number of aliphatic hydroxyl groups is 1. The fourth-order valence-corrected chi connectivity index (χ4v) is 5.81. The summed E-state index contributed by atoms with van der Waals surface area (Å²) >= 11 is 0. The molecule has 0 bridgehead atoms. The van der Waals surface area contributed by atoms with Gasteiger partial charge in [-0.05, 0) is 49.1 Å². The van der Waals surface area contributed by atoms with Gasteiger partial charge in [-0.25, -0.2) is 4.39 Å². The first-order valence-electron chi connectivity index (χ1n) is 12.4. The third-order valence-electron chi connectivity index (χ3n) is 7.76. The van der Waals surface area contributed by atoms with E-state index in [1.54, 1.807) is 11.0 Å². The molecule has 5 rings (SSSR count). The van der Waals surface area contributed by atoms with Gasteiger partial charge in [-0.1, -0.05) is 30.3 Å². The van der Waals surface area contributed by atoms with Crippen molar-refractivity contribution >= 4 is 11.6 Å².